The summed E-state index contributed by atoms with van der Waals surface area (Å²) < 4.78 is 55.5. The van der Waals surface area contributed by atoms with E-state index in [4.69, 9.17) is 4.74 Å². The summed E-state index contributed by atoms with van der Waals surface area (Å²) in [6.07, 6.45) is 3.23. The van der Waals surface area contributed by atoms with Gasteiger partial charge in [-0.15, -0.1) is 0 Å². The number of hydrogen-bond donors (Lipinski definition) is 1. The normalized spacial score (nSPS) is 14.9. The van der Waals surface area contributed by atoms with Crippen LogP contribution in [-0.4, -0.2) is 34.7 Å². The fraction of sp³-hybridized carbons (Fsp3) is 0.267. The van der Waals surface area contributed by atoms with E-state index in [-0.39, 0.29) is 9.79 Å². The Kier molecular flexibility index (Phi) is 4.33. The topological polar surface area (TPSA) is 102 Å². The Morgan fingerprint density at radius 1 is 1.08 bits per heavy atom. The largest absolute Gasteiger partial charge is 0.376 e. The molecule has 1 aliphatic heterocycles. The van der Waals surface area contributed by atoms with E-state index in [1.807, 2.05) is 0 Å². The van der Waals surface area contributed by atoms with Crippen molar-refractivity contribution in [2.75, 3.05) is 17.6 Å². The second-order valence-electron chi connectivity index (χ2n) is 5.48. The molecule has 0 aliphatic carbocycles. The number of sulfonamides is 1. The third-order valence-corrected chi connectivity index (χ3v) is 6.14. The highest BCUT2D eigenvalue weighted by Gasteiger charge is 2.18. The summed E-state index contributed by atoms with van der Waals surface area (Å²) in [5.41, 5.74) is 2.10. The number of aromatic nitrogens is 1. The molecule has 0 spiro atoms. The first-order chi connectivity index (χ1) is 11.3. The van der Waals surface area contributed by atoms with E-state index >= 15 is 0 Å². The Morgan fingerprint density at radius 3 is 2.42 bits per heavy atom. The van der Waals surface area contributed by atoms with Gasteiger partial charge in [-0.05, 0) is 30.3 Å². The maximum atomic E-state index is 12.4. The second-order valence-corrected chi connectivity index (χ2v) is 9.18. The van der Waals surface area contributed by atoms with Gasteiger partial charge in [0.15, 0.2) is 9.84 Å². The van der Waals surface area contributed by atoms with E-state index in [0.717, 1.165) is 17.5 Å². The molecule has 2 aromatic rings. The van der Waals surface area contributed by atoms with Crippen molar-refractivity contribution in [2.45, 2.75) is 22.8 Å². The zero-order valence-corrected chi connectivity index (χ0v) is 14.5. The lowest BCUT2D eigenvalue weighted by atomic mass is 10.1. The molecule has 0 unspecified atom stereocenters. The SMILES string of the molecule is CS(=O)(=O)c1ccc(S(=O)(=O)Nc2cnc3c(c2)COCC3)cc1. The highest BCUT2D eigenvalue weighted by Crippen LogP contribution is 2.22. The van der Waals surface area contributed by atoms with Crippen molar-refractivity contribution in [3.63, 3.8) is 0 Å². The van der Waals surface area contributed by atoms with Crippen LogP contribution in [0.1, 0.15) is 11.3 Å². The van der Waals surface area contributed by atoms with Crippen molar-refractivity contribution in [1.29, 1.82) is 0 Å². The molecule has 7 nitrogen and oxygen atoms in total. The van der Waals surface area contributed by atoms with Crippen LogP contribution in [0.25, 0.3) is 0 Å². The fourth-order valence-electron chi connectivity index (χ4n) is 2.38. The molecule has 9 heteroatoms. The molecule has 24 heavy (non-hydrogen) atoms. The van der Waals surface area contributed by atoms with Gasteiger partial charge in [0.25, 0.3) is 10.0 Å². The Labute approximate surface area is 140 Å². The van der Waals surface area contributed by atoms with Crippen LogP contribution in [0.5, 0.6) is 0 Å². The predicted molar refractivity (Wildman–Crippen MR) is 88.0 cm³/mol. The third kappa shape index (κ3) is 3.58. The molecule has 0 saturated heterocycles. The van der Waals surface area contributed by atoms with Gasteiger partial charge >= 0.3 is 0 Å². The zero-order valence-electron chi connectivity index (χ0n) is 12.9. The quantitative estimate of drug-likeness (QED) is 0.874. The summed E-state index contributed by atoms with van der Waals surface area (Å²) in [4.78, 5) is 4.30. The number of pyridine rings is 1. The summed E-state index contributed by atoms with van der Waals surface area (Å²) in [5, 5.41) is 0. The lowest BCUT2D eigenvalue weighted by Crippen LogP contribution is -2.16. The standard InChI is InChI=1S/C15H16N2O5S2/c1-23(18,19)13-2-4-14(5-3-13)24(20,21)17-12-8-11-10-22-7-6-15(11)16-9-12/h2-5,8-9,17H,6-7,10H2,1H3. The number of rotatable bonds is 4. The summed E-state index contributed by atoms with van der Waals surface area (Å²) in [6.45, 7) is 1.01. The first-order valence-corrected chi connectivity index (χ1v) is 10.5. The molecule has 1 N–H and O–H groups in total. The Balaban J connectivity index is 1.86. The molecule has 2 heterocycles. The van der Waals surface area contributed by atoms with E-state index in [1.165, 1.54) is 30.5 Å². The number of nitrogens with one attached hydrogen (secondary N) is 1. The van der Waals surface area contributed by atoms with Crippen LogP contribution >= 0.6 is 0 Å². The van der Waals surface area contributed by atoms with Crippen molar-refractivity contribution in [1.82, 2.24) is 4.98 Å². The van der Waals surface area contributed by atoms with Gasteiger partial charge in [-0.2, -0.15) is 0 Å². The first-order valence-electron chi connectivity index (χ1n) is 7.14. The smallest absolute Gasteiger partial charge is 0.261 e. The molecule has 0 amide bonds. The van der Waals surface area contributed by atoms with Crippen LogP contribution < -0.4 is 4.72 Å². The predicted octanol–water partition coefficient (Wildman–Crippen LogP) is 1.36. The summed E-state index contributed by atoms with van der Waals surface area (Å²) in [6, 6.07) is 6.75. The number of fused-ring (bicyclic) bond motifs is 1. The van der Waals surface area contributed by atoms with Gasteiger partial charge in [0, 0.05) is 23.9 Å². The third-order valence-electron chi connectivity index (χ3n) is 3.62. The number of hydrogen-bond acceptors (Lipinski definition) is 6. The van der Waals surface area contributed by atoms with Gasteiger partial charge in [-0.25, -0.2) is 16.8 Å². The van der Waals surface area contributed by atoms with Crippen LogP contribution in [0, 0.1) is 0 Å². The highest BCUT2D eigenvalue weighted by atomic mass is 32.2. The molecular weight excluding hydrogens is 352 g/mol. The number of anilines is 1. The average Bonchev–Trinajstić information content (AvgIpc) is 2.54. The molecular formula is C15H16N2O5S2. The summed E-state index contributed by atoms with van der Waals surface area (Å²) in [7, 11) is -7.20. The van der Waals surface area contributed by atoms with Crippen molar-refractivity contribution in [3.8, 4) is 0 Å². The molecule has 1 aromatic carbocycles. The fourth-order valence-corrected chi connectivity index (χ4v) is 4.04. The number of sulfone groups is 1. The summed E-state index contributed by atoms with van der Waals surface area (Å²) in [5.74, 6) is 0. The monoisotopic (exact) mass is 368 g/mol. The minimum absolute atomic E-state index is 0.0242. The number of benzene rings is 1. The van der Waals surface area contributed by atoms with Crippen LogP contribution in [0.4, 0.5) is 5.69 Å². The second kappa shape index (κ2) is 6.15. The Bertz CT molecular complexity index is 967. The number of nitrogens with zero attached hydrogens (tertiary/aromatic N) is 1. The van der Waals surface area contributed by atoms with Crippen LogP contribution in [0.3, 0.4) is 0 Å². The van der Waals surface area contributed by atoms with Gasteiger partial charge in [0.1, 0.15) is 0 Å². The van der Waals surface area contributed by atoms with Gasteiger partial charge in [0.05, 0.1) is 34.9 Å². The van der Waals surface area contributed by atoms with Crippen molar-refractivity contribution in [2.24, 2.45) is 0 Å². The van der Waals surface area contributed by atoms with Gasteiger partial charge < -0.3 is 4.74 Å². The Morgan fingerprint density at radius 2 is 1.75 bits per heavy atom. The van der Waals surface area contributed by atoms with Crippen LogP contribution in [-0.2, 0) is 37.6 Å². The van der Waals surface area contributed by atoms with E-state index in [9.17, 15) is 16.8 Å². The highest BCUT2D eigenvalue weighted by molar-refractivity contribution is 7.92. The van der Waals surface area contributed by atoms with E-state index in [1.54, 1.807) is 6.07 Å². The lowest BCUT2D eigenvalue weighted by molar-refractivity contribution is 0.109. The summed E-state index contributed by atoms with van der Waals surface area (Å²) >= 11 is 0. The molecule has 0 saturated carbocycles. The minimum Gasteiger partial charge on any atom is -0.376 e. The maximum absolute atomic E-state index is 12.4. The maximum Gasteiger partial charge on any atom is 0.261 e. The molecule has 1 aliphatic rings. The first kappa shape index (κ1) is 16.9. The Hall–Kier alpha value is -1.97. The lowest BCUT2D eigenvalue weighted by Gasteiger charge is -2.16. The molecule has 3 rings (SSSR count). The van der Waals surface area contributed by atoms with Crippen LogP contribution in [0.15, 0.2) is 46.3 Å². The molecule has 128 valence electrons. The zero-order chi connectivity index (χ0) is 17.4. The average molecular weight is 368 g/mol. The van der Waals surface area contributed by atoms with Crippen molar-refractivity contribution < 1.29 is 21.6 Å². The molecule has 0 bridgehead atoms. The molecule has 1 aromatic heterocycles. The van der Waals surface area contributed by atoms with Gasteiger partial charge in [-0.1, -0.05) is 0 Å². The van der Waals surface area contributed by atoms with E-state index in [0.29, 0.717) is 25.3 Å². The number of ether oxygens (including phenoxy) is 1. The van der Waals surface area contributed by atoms with E-state index < -0.39 is 19.9 Å². The molecule has 0 fully saturated rings. The van der Waals surface area contributed by atoms with Gasteiger partial charge in [-0.3, -0.25) is 9.71 Å². The molecule has 0 atom stereocenters. The van der Waals surface area contributed by atoms with Crippen molar-refractivity contribution >= 4 is 25.5 Å². The van der Waals surface area contributed by atoms with E-state index in [2.05, 4.69) is 9.71 Å². The van der Waals surface area contributed by atoms with Crippen LogP contribution in [0.2, 0.25) is 0 Å². The minimum atomic E-state index is -3.83. The van der Waals surface area contributed by atoms with Gasteiger partial charge in [0.2, 0.25) is 0 Å². The van der Waals surface area contributed by atoms with Crippen molar-refractivity contribution in [3.05, 3.63) is 47.8 Å². The molecule has 0 radical (unpaired) electrons.